The highest BCUT2D eigenvalue weighted by Gasteiger charge is 2.77. The third-order valence-electron chi connectivity index (χ3n) is 7.07. The van der Waals surface area contributed by atoms with Crippen LogP contribution in [0.15, 0.2) is 24.3 Å². The lowest BCUT2D eigenvalue weighted by molar-refractivity contribution is -0.286. The molecule has 5 heterocycles. The van der Waals surface area contributed by atoms with Gasteiger partial charge in [0.25, 0.3) is 11.8 Å². The van der Waals surface area contributed by atoms with Crippen LogP contribution in [0, 0.1) is 0 Å². The number of carbonyl (C=O) groups excluding carboxylic acids is 2. The Bertz CT molecular complexity index is 1100. The Hall–Kier alpha value is -2.12. The quantitative estimate of drug-likeness (QED) is 0.357. The molecule has 2 bridgehead atoms. The fourth-order valence-corrected chi connectivity index (χ4v) is 9.02. The largest absolute Gasteiger partial charge is 0.504 e. The van der Waals surface area contributed by atoms with Crippen molar-refractivity contribution in [3.63, 3.8) is 0 Å². The summed E-state index contributed by atoms with van der Waals surface area (Å²) in [4.78, 5) is 33.6. The molecular weight excluding hydrogens is 472 g/mol. The molecule has 6 aliphatic rings. The molecule has 2 spiro atoms. The second-order valence-corrected chi connectivity index (χ2v) is 11.3. The van der Waals surface area contributed by atoms with Crippen molar-refractivity contribution in [2.24, 2.45) is 0 Å². The van der Waals surface area contributed by atoms with E-state index in [-0.39, 0.29) is 29.9 Å². The van der Waals surface area contributed by atoms with Gasteiger partial charge >= 0.3 is 0 Å². The summed E-state index contributed by atoms with van der Waals surface area (Å²) in [5, 5.41) is 22.0. The van der Waals surface area contributed by atoms with E-state index in [0.29, 0.717) is 11.3 Å². The topological polar surface area (TPSA) is 121 Å². The van der Waals surface area contributed by atoms with E-state index >= 15 is 0 Å². The number of benzene rings is 1. The zero-order chi connectivity index (χ0) is 23.3. The van der Waals surface area contributed by atoms with Gasteiger partial charge in [-0.2, -0.15) is 5.06 Å². The Balaban J connectivity index is 1.44. The number of ether oxygens (including phenoxy) is 3. The maximum atomic E-state index is 13.8. The van der Waals surface area contributed by atoms with Crippen molar-refractivity contribution in [2.75, 3.05) is 21.3 Å². The molecule has 0 unspecified atom stereocenters. The van der Waals surface area contributed by atoms with Crippen molar-refractivity contribution in [3.8, 4) is 17.2 Å². The number of hydrogen-bond donors (Lipinski definition) is 2. The van der Waals surface area contributed by atoms with E-state index in [1.54, 1.807) is 31.3 Å². The van der Waals surface area contributed by atoms with E-state index in [4.69, 9.17) is 19.0 Å². The number of aromatic hydroxyl groups is 1. The van der Waals surface area contributed by atoms with Crippen molar-refractivity contribution in [1.82, 2.24) is 9.96 Å². The van der Waals surface area contributed by atoms with E-state index in [0.717, 1.165) is 5.06 Å². The number of rotatable bonds is 3. The second kappa shape index (κ2) is 6.95. The third-order valence-corrected chi connectivity index (χ3v) is 10.4. The minimum atomic E-state index is -1.34. The summed E-state index contributed by atoms with van der Waals surface area (Å²) >= 11 is 0. The predicted molar refractivity (Wildman–Crippen MR) is 118 cm³/mol. The standard InChI is InChI=1S/C21H22N2O8S2/c1-22-13-16(9-4-6-11(28-2)15(29-3)14(9)25)32-33-21(19(22)27)8-20-12(30-20)7-5-10(24)17(20)31-23(21)18(13)26/h4-7,10,12-13,16-17,24-25H,8H2,1-3H3/t10-,12+,13-,16-,17-,20-,21-/m1/s1. The molecule has 5 saturated heterocycles. The molecule has 1 aliphatic carbocycles. The molecule has 1 aromatic rings. The first-order valence-corrected chi connectivity index (χ1v) is 12.6. The van der Waals surface area contributed by atoms with E-state index in [1.165, 1.54) is 40.7 Å². The lowest BCUT2D eigenvalue weighted by atomic mass is 9.81. The summed E-state index contributed by atoms with van der Waals surface area (Å²) in [7, 11) is 7.03. The van der Waals surface area contributed by atoms with Crippen LogP contribution < -0.4 is 9.47 Å². The molecule has 5 aliphatic heterocycles. The van der Waals surface area contributed by atoms with Crippen LogP contribution >= 0.6 is 21.6 Å². The number of epoxide rings is 1. The molecule has 7 atom stereocenters. The number of phenols is 1. The summed E-state index contributed by atoms with van der Waals surface area (Å²) < 4.78 is 16.5. The van der Waals surface area contributed by atoms with Crippen molar-refractivity contribution < 1.29 is 38.9 Å². The van der Waals surface area contributed by atoms with Gasteiger partial charge in [-0.1, -0.05) is 39.8 Å². The van der Waals surface area contributed by atoms with Crippen molar-refractivity contribution in [3.05, 3.63) is 29.8 Å². The Morgan fingerprint density at radius 1 is 1.21 bits per heavy atom. The summed E-state index contributed by atoms with van der Waals surface area (Å²) in [6.07, 6.45) is 1.57. The Morgan fingerprint density at radius 3 is 2.73 bits per heavy atom. The summed E-state index contributed by atoms with van der Waals surface area (Å²) in [6, 6.07) is 2.39. The van der Waals surface area contributed by atoms with Crippen LogP contribution in [-0.4, -0.2) is 88.1 Å². The van der Waals surface area contributed by atoms with Crippen LogP contribution in [0.25, 0.3) is 0 Å². The summed E-state index contributed by atoms with van der Waals surface area (Å²) in [6.45, 7) is 0. The number of hydroxylamine groups is 2. The molecule has 7 rings (SSSR count). The van der Waals surface area contributed by atoms with Gasteiger partial charge in [0.15, 0.2) is 11.5 Å². The number of piperazine rings is 1. The lowest BCUT2D eigenvalue weighted by Gasteiger charge is -2.53. The molecular formula is C21H22N2O8S2. The average Bonchev–Trinajstić information content (AvgIpc) is 3.54. The number of methoxy groups -OCH3 is 2. The van der Waals surface area contributed by atoms with Crippen LogP contribution in [0.5, 0.6) is 17.2 Å². The Kier molecular flexibility index (Phi) is 4.51. The van der Waals surface area contributed by atoms with Crippen molar-refractivity contribution >= 4 is 33.4 Å². The van der Waals surface area contributed by atoms with Gasteiger partial charge in [-0.05, 0) is 6.07 Å². The predicted octanol–water partition coefficient (Wildman–Crippen LogP) is 0.983. The van der Waals surface area contributed by atoms with Crippen molar-refractivity contribution in [1.29, 1.82) is 0 Å². The van der Waals surface area contributed by atoms with Gasteiger partial charge in [-0.15, -0.1) is 0 Å². The molecule has 2 amide bonds. The lowest BCUT2D eigenvalue weighted by Crippen LogP contribution is -2.74. The highest BCUT2D eigenvalue weighted by molar-refractivity contribution is 8.77. The zero-order valence-corrected chi connectivity index (χ0v) is 19.6. The minimum absolute atomic E-state index is 0.150. The summed E-state index contributed by atoms with van der Waals surface area (Å²) in [5.41, 5.74) is -0.412. The molecule has 10 nitrogen and oxygen atoms in total. The SMILES string of the molecule is COc1ccc([C@H]2SS[C@@]34C[C@@]56O[C@H]5C=C[C@@H](O)[C@H]6ON3C(=O)[C@@H]2N(C)C4=O)c(O)c1OC. The van der Waals surface area contributed by atoms with Crippen molar-refractivity contribution in [2.45, 2.75) is 46.5 Å². The second-order valence-electron chi connectivity index (χ2n) is 8.69. The van der Waals surface area contributed by atoms with Gasteiger partial charge in [0, 0.05) is 19.0 Å². The zero-order valence-electron chi connectivity index (χ0n) is 18.0. The molecule has 0 saturated carbocycles. The minimum Gasteiger partial charge on any atom is -0.504 e. The van der Waals surface area contributed by atoms with Gasteiger partial charge in [-0.25, -0.2) is 0 Å². The van der Waals surface area contributed by atoms with E-state index in [1.807, 2.05) is 0 Å². The molecule has 2 N–H and O–H groups in total. The van der Waals surface area contributed by atoms with Gasteiger partial charge < -0.3 is 29.3 Å². The van der Waals surface area contributed by atoms with E-state index < -0.39 is 39.9 Å². The molecule has 0 aromatic heterocycles. The van der Waals surface area contributed by atoms with E-state index in [9.17, 15) is 19.8 Å². The van der Waals surface area contributed by atoms with Crippen LogP contribution in [-0.2, 0) is 19.2 Å². The highest BCUT2D eigenvalue weighted by Crippen LogP contribution is 2.65. The number of aliphatic hydroxyl groups excluding tert-OH is 1. The number of fused-ring (bicyclic) bond motifs is 3. The number of phenolic OH excluding ortho intramolecular Hbond substituents is 1. The first-order valence-electron chi connectivity index (χ1n) is 10.4. The van der Waals surface area contributed by atoms with Crippen LogP contribution in [0.1, 0.15) is 17.2 Å². The average molecular weight is 495 g/mol. The first-order chi connectivity index (χ1) is 15.8. The molecule has 1 aromatic carbocycles. The smallest absolute Gasteiger partial charge is 0.272 e. The number of hydrogen-bond acceptors (Lipinski definition) is 10. The molecule has 5 fully saturated rings. The summed E-state index contributed by atoms with van der Waals surface area (Å²) in [5.74, 6) is -0.337. The molecule has 12 heteroatoms. The van der Waals surface area contributed by atoms with Gasteiger partial charge in [0.1, 0.15) is 30.0 Å². The van der Waals surface area contributed by atoms with Gasteiger partial charge in [-0.3, -0.25) is 14.4 Å². The maximum absolute atomic E-state index is 13.8. The molecule has 33 heavy (non-hydrogen) atoms. The fourth-order valence-electron chi connectivity index (χ4n) is 5.35. The van der Waals surface area contributed by atoms with E-state index in [2.05, 4.69) is 0 Å². The fraction of sp³-hybridized carbons (Fsp3) is 0.524. The molecule has 0 radical (unpaired) electrons. The maximum Gasteiger partial charge on any atom is 0.272 e. The van der Waals surface area contributed by atoms with Crippen LogP contribution in [0.3, 0.4) is 0 Å². The number of carbonyl (C=O) groups is 2. The number of aliphatic hydroxyl groups is 1. The highest BCUT2D eigenvalue weighted by atomic mass is 33.1. The monoisotopic (exact) mass is 494 g/mol. The van der Waals surface area contributed by atoms with Gasteiger partial charge in [0.2, 0.25) is 10.6 Å². The first kappa shape index (κ1) is 21.4. The normalized spacial score (nSPS) is 40.7. The van der Waals surface area contributed by atoms with Crippen LogP contribution in [0.2, 0.25) is 0 Å². The van der Waals surface area contributed by atoms with Gasteiger partial charge in [0.05, 0.1) is 19.5 Å². The number of nitrogens with zero attached hydrogens (tertiary/aromatic N) is 2. The molecule has 176 valence electrons. The number of likely N-dealkylation sites (N-methyl/N-ethyl adjacent to an activating group) is 1. The number of amides is 2. The van der Waals surface area contributed by atoms with Crippen LogP contribution in [0.4, 0.5) is 0 Å². The Labute approximate surface area is 197 Å². The third kappa shape index (κ3) is 2.58. The Morgan fingerprint density at radius 2 is 2.00 bits per heavy atom.